The number of hydrogen-bond acceptors (Lipinski definition) is 7. The molecule has 0 saturated carbocycles. The molecule has 5 aromatic rings. The number of halogens is 3. The van der Waals surface area contributed by atoms with Gasteiger partial charge in [-0.05, 0) is 36.3 Å². The first-order valence-corrected chi connectivity index (χ1v) is 11.8. The molecule has 5 rings (SSSR count). The molecule has 0 aliphatic heterocycles. The largest absolute Gasteiger partial charge is 0.382 e. The van der Waals surface area contributed by atoms with Gasteiger partial charge in [-0.2, -0.15) is 0 Å². The van der Waals surface area contributed by atoms with Crippen LogP contribution in [-0.4, -0.2) is 31.0 Å². The van der Waals surface area contributed by atoms with E-state index in [9.17, 15) is 18.0 Å². The molecular formula is C28H20F3N7O. The molecule has 0 fully saturated rings. The summed E-state index contributed by atoms with van der Waals surface area (Å²) in [6, 6.07) is 15.6. The van der Waals surface area contributed by atoms with Crippen LogP contribution in [0.5, 0.6) is 0 Å². The summed E-state index contributed by atoms with van der Waals surface area (Å²) in [6.45, 7) is 0.249. The average Bonchev–Trinajstić information content (AvgIpc) is 2.94. The van der Waals surface area contributed by atoms with Crippen molar-refractivity contribution in [3.63, 3.8) is 0 Å². The normalized spacial score (nSPS) is 10.9. The summed E-state index contributed by atoms with van der Waals surface area (Å²) in [5.74, 6) is 6.02. The number of pyridine rings is 1. The Kier molecular flexibility index (Phi) is 7.18. The fraction of sp³-hybridized carbons (Fsp3) is 0.107. The highest BCUT2D eigenvalue weighted by atomic mass is 19.3. The van der Waals surface area contributed by atoms with E-state index in [0.29, 0.717) is 28.6 Å². The Bertz CT molecular complexity index is 1760. The monoisotopic (exact) mass is 527 g/mol. The quantitative estimate of drug-likeness (QED) is 0.317. The molecule has 2 aromatic carbocycles. The van der Waals surface area contributed by atoms with Crippen molar-refractivity contribution in [2.75, 3.05) is 17.6 Å². The van der Waals surface area contributed by atoms with Crippen molar-refractivity contribution < 1.29 is 13.2 Å². The second-order valence-corrected chi connectivity index (χ2v) is 8.32. The van der Waals surface area contributed by atoms with E-state index in [1.54, 1.807) is 30.3 Å². The summed E-state index contributed by atoms with van der Waals surface area (Å²) in [6.07, 6.45) is -0.261. The minimum atomic E-state index is -2.83. The van der Waals surface area contributed by atoms with Gasteiger partial charge in [-0.15, -0.1) is 0 Å². The SMILES string of the molecule is Nc1ncnc(NCCc2nc3cccc(C(F)F)c3c(=O)n2-c2ccccc2)c1C#Cc1ccc(F)cn1. The highest BCUT2D eigenvalue weighted by Gasteiger charge is 2.19. The predicted molar refractivity (Wildman–Crippen MR) is 141 cm³/mol. The molecule has 3 N–H and O–H groups in total. The Hall–Kier alpha value is -5.24. The number of nitrogens with two attached hydrogens (primary N) is 1. The summed E-state index contributed by atoms with van der Waals surface area (Å²) in [4.78, 5) is 30.2. The Morgan fingerprint density at radius 2 is 1.79 bits per heavy atom. The van der Waals surface area contributed by atoms with E-state index < -0.39 is 17.8 Å². The molecule has 0 aliphatic rings. The van der Waals surface area contributed by atoms with Crippen molar-refractivity contribution in [1.82, 2.24) is 24.5 Å². The van der Waals surface area contributed by atoms with Crippen LogP contribution in [0, 0.1) is 17.7 Å². The standard InChI is InChI=1S/C28H20F3N7O/c29-17-9-10-18(34-15-17)11-12-21-26(32)35-16-36-27(21)33-14-13-23-37-22-8-4-7-20(25(30)31)24(22)28(39)38(23)19-5-2-1-3-6-19/h1-10,15-16,25H,13-14H2,(H3,32,33,35,36). The topological polar surface area (TPSA) is 112 Å². The van der Waals surface area contributed by atoms with E-state index in [0.717, 1.165) is 6.20 Å². The lowest BCUT2D eigenvalue weighted by Gasteiger charge is -2.16. The average molecular weight is 528 g/mol. The van der Waals surface area contributed by atoms with Gasteiger partial charge in [0.05, 0.1) is 22.8 Å². The molecule has 0 unspecified atom stereocenters. The zero-order valence-electron chi connectivity index (χ0n) is 20.3. The molecule has 0 aliphatic carbocycles. The minimum absolute atomic E-state index is 0.122. The highest BCUT2D eigenvalue weighted by Crippen LogP contribution is 2.25. The maximum absolute atomic E-state index is 13.7. The van der Waals surface area contributed by atoms with Crippen LogP contribution in [0.25, 0.3) is 16.6 Å². The number of hydrogen-bond donors (Lipinski definition) is 2. The number of rotatable bonds is 6. The molecule has 0 radical (unpaired) electrons. The van der Waals surface area contributed by atoms with Crippen molar-refractivity contribution in [3.8, 4) is 17.5 Å². The Morgan fingerprint density at radius 1 is 0.974 bits per heavy atom. The number of para-hydroxylation sites is 1. The molecule has 8 nitrogen and oxygen atoms in total. The molecule has 39 heavy (non-hydrogen) atoms. The van der Waals surface area contributed by atoms with Crippen LogP contribution in [0.2, 0.25) is 0 Å². The van der Waals surface area contributed by atoms with Gasteiger partial charge in [0.1, 0.15) is 40.9 Å². The van der Waals surface area contributed by atoms with Crippen LogP contribution < -0.4 is 16.6 Å². The summed E-state index contributed by atoms with van der Waals surface area (Å²) in [5.41, 5.74) is 6.41. The van der Waals surface area contributed by atoms with E-state index in [4.69, 9.17) is 5.73 Å². The second-order valence-electron chi connectivity index (χ2n) is 8.32. The van der Waals surface area contributed by atoms with E-state index in [2.05, 4.69) is 37.1 Å². The highest BCUT2D eigenvalue weighted by molar-refractivity contribution is 5.82. The van der Waals surface area contributed by atoms with Crippen LogP contribution in [0.15, 0.2) is 78.0 Å². The van der Waals surface area contributed by atoms with Crippen molar-refractivity contribution >= 4 is 22.5 Å². The first-order chi connectivity index (χ1) is 18.9. The van der Waals surface area contributed by atoms with Gasteiger partial charge in [0.25, 0.3) is 12.0 Å². The molecular weight excluding hydrogens is 507 g/mol. The number of benzene rings is 2. The predicted octanol–water partition coefficient (Wildman–Crippen LogP) is 4.28. The maximum atomic E-state index is 13.7. The molecule has 3 aromatic heterocycles. The number of anilines is 2. The summed E-state index contributed by atoms with van der Waals surface area (Å²) >= 11 is 0. The van der Waals surface area contributed by atoms with Crippen LogP contribution in [0.1, 0.15) is 29.1 Å². The molecule has 0 atom stereocenters. The number of nitrogens with one attached hydrogen (secondary N) is 1. The zero-order chi connectivity index (χ0) is 27.4. The molecule has 11 heteroatoms. The number of fused-ring (bicyclic) bond motifs is 1. The van der Waals surface area contributed by atoms with E-state index in [1.807, 2.05) is 0 Å². The second kappa shape index (κ2) is 11.0. The van der Waals surface area contributed by atoms with E-state index >= 15 is 0 Å². The zero-order valence-corrected chi connectivity index (χ0v) is 20.3. The van der Waals surface area contributed by atoms with E-state index in [1.165, 1.54) is 41.2 Å². The molecule has 194 valence electrons. The summed E-state index contributed by atoms with van der Waals surface area (Å²) in [7, 11) is 0. The number of nitrogens with zero attached hydrogens (tertiary/aromatic N) is 5. The van der Waals surface area contributed by atoms with Crippen molar-refractivity contribution in [3.05, 3.63) is 112 Å². The van der Waals surface area contributed by atoms with Crippen LogP contribution in [0.4, 0.5) is 24.8 Å². The van der Waals surface area contributed by atoms with Crippen LogP contribution >= 0.6 is 0 Å². The molecule has 3 heterocycles. The molecule has 0 saturated heterocycles. The number of alkyl halides is 2. The Labute approximate surface area is 220 Å². The first-order valence-electron chi connectivity index (χ1n) is 11.8. The number of aromatic nitrogens is 5. The fourth-order valence-corrected chi connectivity index (χ4v) is 4.02. The lowest BCUT2D eigenvalue weighted by Crippen LogP contribution is -2.26. The van der Waals surface area contributed by atoms with Gasteiger partial charge >= 0.3 is 0 Å². The van der Waals surface area contributed by atoms with Gasteiger partial charge in [-0.3, -0.25) is 9.36 Å². The van der Waals surface area contributed by atoms with Crippen molar-refractivity contribution in [2.24, 2.45) is 0 Å². The van der Waals surface area contributed by atoms with Crippen LogP contribution in [-0.2, 0) is 6.42 Å². The van der Waals surface area contributed by atoms with E-state index in [-0.39, 0.29) is 35.2 Å². The van der Waals surface area contributed by atoms with Gasteiger partial charge in [0, 0.05) is 18.5 Å². The Balaban J connectivity index is 1.48. The summed E-state index contributed by atoms with van der Waals surface area (Å²) in [5, 5.41) is 3.01. The van der Waals surface area contributed by atoms with Gasteiger partial charge in [0.2, 0.25) is 0 Å². The lowest BCUT2D eigenvalue weighted by molar-refractivity contribution is 0.153. The van der Waals surface area contributed by atoms with Gasteiger partial charge in [-0.25, -0.2) is 33.1 Å². The maximum Gasteiger partial charge on any atom is 0.266 e. The van der Waals surface area contributed by atoms with Crippen LogP contribution in [0.3, 0.4) is 0 Å². The first kappa shape index (κ1) is 25.4. The van der Waals surface area contributed by atoms with Gasteiger partial charge in [-0.1, -0.05) is 36.3 Å². The smallest absolute Gasteiger partial charge is 0.266 e. The number of nitrogen functional groups attached to an aromatic ring is 1. The summed E-state index contributed by atoms with van der Waals surface area (Å²) < 4.78 is 41.9. The lowest BCUT2D eigenvalue weighted by atomic mass is 10.1. The Morgan fingerprint density at radius 3 is 2.54 bits per heavy atom. The molecule has 0 bridgehead atoms. The fourth-order valence-electron chi connectivity index (χ4n) is 4.02. The van der Waals surface area contributed by atoms with Crippen molar-refractivity contribution in [1.29, 1.82) is 0 Å². The third-order valence-corrected chi connectivity index (χ3v) is 5.81. The third-order valence-electron chi connectivity index (χ3n) is 5.81. The van der Waals surface area contributed by atoms with Crippen molar-refractivity contribution in [2.45, 2.75) is 12.8 Å². The van der Waals surface area contributed by atoms with Gasteiger partial charge in [0.15, 0.2) is 0 Å². The molecule has 0 amide bonds. The molecule has 0 spiro atoms. The third kappa shape index (κ3) is 5.40. The minimum Gasteiger partial charge on any atom is -0.382 e. The van der Waals surface area contributed by atoms with Gasteiger partial charge < -0.3 is 11.1 Å².